The number of benzene rings is 1. The number of amides is 1. The smallest absolute Gasteiger partial charge is 0.245 e. The summed E-state index contributed by atoms with van der Waals surface area (Å²) in [7, 11) is 0. The fourth-order valence-electron chi connectivity index (χ4n) is 1.79. The van der Waals surface area contributed by atoms with Crippen molar-refractivity contribution in [3.8, 4) is 0 Å². The summed E-state index contributed by atoms with van der Waals surface area (Å²) in [6.07, 6.45) is 1.17. The fraction of sp³-hybridized carbons (Fsp3) is 0.385. The van der Waals surface area contributed by atoms with Gasteiger partial charge in [-0.3, -0.25) is 4.79 Å². The van der Waals surface area contributed by atoms with Crippen LogP contribution in [-0.2, 0) is 14.3 Å². The predicted octanol–water partition coefficient (Wildman–Crippen LogP) is 2.08. The molecule has 0 radical (unpaired) electrons. The average Bonchev–Trinajstić information content (AvgIpc) is 2.79. The molecule has 0 atom stereocenters. The van der Waals surface area contributed by atoms with Gasteiger partial charge in [0.1, 0.15) is 5.82 Å². The highest BCUT2D eigenvalue weighted by molar-refractivity contribution is 6.33. The van der Waals surface area contributed by atoms with E-state index < -0.39 is 17.5 Å². The highest BCUT2D eigenvalue weighted by Gasteiger charge is 2.33. The van der Waals surface area contributed by atoms with Crippen molar-refractivity contribution in [2.75, 3.05) is 13.2 Å². The van der Waals surface area contributed by atoms with E-state index in [4.69, 9.17) is 21.1 Å². The minimum absolute atomic E-state index is 0.00927. The van der Waals surface area contributed by atoms with Gasteiger partial charge in [-0.2, -0.15) is 5.10 Å². The van der Waals surface area contributed by atoms with Crippen molar-refractivity contribution in [1.82, 2.24) is 5.43 Å². The Kier molecular flexibility index (Phi) is 4.69. The van der Waals surface area contributed by atoms with Gasteiger partial charge in [0.05, 0.1) is 30.9 Å². The van der Waals surface area contributed by atoms with Gasteiger partial charge in [0.15, 0.2) is 5.79 Å². The normalized spacial score (nSPS) is 17.6. The summed E-state index contributed by atoms with van der Waals surface area (Å²) < 4.78 is 24.0. The molecular formula is C13H14ClFN2O3. The highest BCUT2D eigenvalue weighted by atomic mass is 35.5. The van der Waals surface area contributed by atoms with Gasteiger partial charge >= 0.3 is 0 Å². The van der Waals surface area contributed by atoms with Crippen LogP contribution in [0, 0.1) is 5.82 Å². The van der Waals surface area contributed by atoms with Gasteiger partial charge in [0.25, 0.3) is 0 Å². The zero-order chi connectivity index (χ0) is 14.6. The van der Waals surface area contributed by atoms with Crippen LogP contribution in [0.5, 0.6) is 0 Å². The van der Waals surface area contributed by atoms with Gasteiger partial charge in [-0.1, -0.05) is 17.7 Å². The van der Waals surface area contributed by atoms with Crippen molar-refractivity contribution in [3.63, 3.8) is 0 Å². The maximum atomic E-state index is 13.4. The van der Waals surface area contributed by atoms with Crippen LogP contribution in [-0.4, -0.2) is 31.1 Å². The van der Waals surface area contributed by atoms with Gasteiger partial charge in [-0.05, 0) is 19.1 Å². The Morgan fingerprint density at radius 3 is 2.90 bits per heavy atom. The molecule has 5 nitrogen and oxygen atoms in total. The van der Waals surface area contributed by atoms with Crippen LogP contribution in [0.2, 0.25) is 5.02 Å². The first kappa shape index (κ1) is 14.9. The Balaban J connectivity index is 1.91. The van der Waals surface area contributed by atoms with Crippen LogP contribution in [0.15, 0.2) is 23.3 Å². The molecule has 1 aromatic rings. The zero-order valence-electron chi connectivity index (χ0n) is 10.9. The summed E-state index contributed by atoms with van der Waals surface area (Å²) in [4.78, 5) is 11.7. The highest BCUT2D eigenvalue weighted by Crippen LogP contribution is 2.22. The van der Waals surface area contributed by atoms with E-state index in [2.05, 4.69) is 10.5 Å². The largest absolute Gasteiger partial charge is 0.347 e. The lowest BCUT2D eigenvalue weighted by molar-refractivity contribution is -0.159. The lowest BCUT2D eigenvalue weighted by Gasteiger charge is -2.20. The molecule has 0 aliphatic carbocycles. The molecule has 0 unspecified atom stereocenters. The molecule has 0 spiro atoms. The van der Waals surface area contributed by atoms with E-state index >= 15 is 0 Å². The van der Waals surface area contributed by atoms with E-state index in [1.165, 1.54) is 18.2 Å². The molecule has 108 valence electrons. The summed E-state index contributed by atoms with van der Waals surface area (Å²) in [5.41, 5.74) is 2.40. The summed E-state index contributed by atoms with van der Waals surface area (Å²) >= 11 is 5.82. The SMILES string of the molecule is CC1(CC(=O)NN=Cc2c(F)cccc2Cl)OCCO1. The first-order valence-electron chi connectivity index (χ1n) is 6.04. The molecule has 1 fully saturated rings. The van der Waals surface area contributed by atoms with Crippen molar-refractivity contribution in [2.45, 2.75) is 19.1 Å². The molecule has 0 bridgehead atoms. The Morgan fingerprint density at radius 2 is 2.25 bits per heavy atom. The Hall–Kier alpha value is -1.50. The maximum absolute atomic E-state index is 13.4. The monoisotopic (exact) mass is 300 g/mol. The third-order valence-corrected chi connectivity index (χ3v) is 3.09. The van der Waals surface area contributed by atoms with E-state index in [-0.39, 0.29) is 17.0 Å². The molecule has 1 amide bonds. The Labute approximate surface area is 120 Å². The van der Waals surface area contributed by atoms with Crippen LogP contribution in [0.4, 0.5) is 4.39 Å². The molecule has 0 saturated carbocycles. The molecule has 1 aliphatic rings. The molecule has 0 aromatic heterocycles. The number of hydrogen-bond donors (Lipinski definition) is 1. The molecule has 2 rings (SSSR count). The Morgan fingerprint density at radius 1 is 1.55 bits per heavy atom. The first-order valence-corrected chi connectivity index (χ1v) is 6.42. The molecule has 1 saturated heterocycles. The second kappa shape index (κ2) is 6.30. The van der Waals surface area contributed by atoms with Crippen molar-refractivity contribution >= 4 is 23.7 Å². The number of rotatable bonds is 4. The molecule has 7 heteroatoms. The molecular weight excluding hydrogens is 287 g/mol. The lowest BCUT2D eigenvalue weighted by Crippen LogP contribution is -2.33. The number of hydrazone groups is 1. The quantitative estimate of drug-likeness (QED) is 0.684. The number of hydrogen-bond acceptors (Lipinski definition) is 4. The van der Waals surface area contributed by atoms with Crippen LogP contribution < -0.4 is 5.43 Å². The minimum atomic E-state index is -0.921. The number of nitrogens with zero attached hydrogens (tertiary/aromatic N) is 1. The number of carbonyl (C=O) groups excluding carboxylic acids is 1. The summed E-state index contributed by atoms with van der Waals surface area (Å²) in [6, 6.07) is 4.29. The second-order valence-electron chi connectivity index (χ2n) is 4.44. The third-order valence-electron chi connectivity index (χ3n) is 2.76. The van der Waals surface area contributed by atoms with Crippen LogP contribution in [0.3, 0.4) is 0 Å². The summed E-state index contributed by atoms with van der Waals surface area (Å²) in [6.45, 7) is 2.59. The van der Waals surface area contributed by atoms with Gasteiger partial charge in [0.2, 0.25) is 5.91 Å². The second-order valence-corrected chi connectivity index (χ2v) is 4.84. The fourth-order valence-corrected chi connectivity index (χ4v) is 2.00. The van der Waals surface area contributed by atoms with Gasteiger partial charge in [-0.25, -0.2) is 9.82 Å². The van der Waals surface area contributed by atoms with Crippen molar-refractivity contribution in [2.24, 2.45) is 5.10 Å². The average molecular weight is 301 g/mol. The van der Waals surface area contributed by atoms with Crippen LogP contribution >= 0.6 is 11.6 Å². The van der Waals surface area contributed by atoms with E-state index in [9.17, 15) is 9.18 Å². The third kappa shape index (κ3) is 3.75. The van der Waals surface area contributed by atoms with E-state index in [0.717, 1.165) is 6.21 Å². The topological polar surface area (TPSA) is 59.9 Å². The van der Waals surface area contributed by atoms with Crippen LogP contribution in [0.1, 0.15) is 18.9 Å². The van der Waals surface area contributed by atoms with Gasteiger partial charge in [-0.15, -0.1) is 0 Å². The molecule has 1 heterocycles. The molecule has 1 N–H and O–H groups in total. The number of nitrogens with one attached hydrogen (secondary N) is 1. The zero-order valence-corrected chi connectivity index (χ0v) is 11.6. The first-order chi connectivity index (χ1) is 9.50. The number of halogens is 2. The number of carbonyl (C=O) groups is 1. The standard InChI is InChI=1S/C13H14ClFN2O3/c1-13(19-5-6-20-13)7-12(18)17-16-8-9-10(14)3-2-4-11(9)15/h2-4,8H,5-7H2,1H3,(H,17,18). The van der Waals surface area contributed by atoms with E-state index in [1.54, 1.807) is 6.92 Å². The van der Waals surface area contributed by atoms with Gasteiger partial charge in [0, 0.05) is 5.56 Å². The molecule has 1 aromatic carbocycles. The predicted molar refractivity (Wildman–Crippen MR) is 72.1 cm³/mol. The molecule has 1 aliphatic heterocycles. The Bertz CT molecular complexity index is 510. The summed E-state index contributed by atoms with van der Waals surface area (Å²) in [5, 5.41) is 3.90. The molecule has 20 heavy (non-hydrogen) atoms. The van der Waals surface area contributed by atoms with E-state index in [0.29, 0.717) is 13.2 Å². The summed E-state index contributed by atoms with van der Waals surface area (Å²) in [5.74, 6) is -1.82. The van der Waals surface area contributed by atoms with Crippen LogP contribution in [0.25, 0.3) is 0 Å². The van der Waals surface area contributed by atoms with Crippen molar-refractivity contribution in [1.29, 1.82) is 0 Å². The minimum Gasteiger partial charge on any atom is -0.347 e. The van der Waals surface area contributed by atoms with E-state index in [1.807, 2.05) is 0 Å². The van der Waals surface area contributed by atoms with Crippen molar-refractivity contribution in [3.05, 3.63) is 34.6 Å². The van der Waals surface area contributed by atoms with Crippen molar-refractivity contribution < 1.29 is 18.7 Å². The lowest BCUT2D eigenvalue weighted by atomic mass is 10.2. The van der Waals surface area contributed by atoms with Gasteiger partial charge < -0.3 is 9.47 Å². The maximum Gasteiger partial charge on any atom is 0.245 e. The number of ether oxygens (including phenoxy) is 2.